The van der Waals surface area contributed by atoms with Crippen LogP contribution in [0.1, 0.15) is 36.3 Å². The summed E-state index contributed by atoms with van der Waals surface area (Å²) in [4.78, 5) is 4.49. The first-order chi connectivity index (χ1) is 12.2. The second kappa shape index (κ2) is 7.09. The van der Waals surface area contributed by atoms with E-state index in [1.165, 1.54) is 12.8 Å². The van der Waals surface area contributed by atoms with Gasteiger partial charge in [0.2, 0.25) is 11.8 Å². The van der Waals surface area contributed by atoms with Gasteiger partial charge in [-0.2, -0.15) is 0 Å². The second-order valence-corrected chi connectivity index (χ2v) is 6.69. The maximum Gasteiger partial charge on any atom is 0.246 e. The quantitative estimate of drug-likeness (QED) is 0.848. The topological polar surface area (TPSA) is 54.6 Å². The van der Waals surface area contributed by atoms with Crippen LogP contribution in [0, 0.1) is 12.7 Å². The fourth-order valence-electron chi connectivity index (χ4n) is 3.62. The van der Waals surface area contributed by atoms with Gasteiger partial charge in [0, 0.05) is 50.9 Å². The van der Waals surface area contributed by atoms with Gasteiger partial charge in [-0.05, 0) is 25.0 Å². The number of nitrogens with zero attached hydrogens (tertiary/aromatic N) is 4. The van der Waals surface area contributed by atoms with E-state index < -0.39 is 0 Å². The van der Waals surface area contributed by atoms with Crippen molar-refractivity contribution in [2.24, 2.45) is 0 Å². The molecule has 1 aromatic heterocycles. The van der Waals surface area contributed by atoms with Crippen LogP contribution in [0.25, 0.3) is 0 Å². The summed E-state index contributed by atoms with van der Waals surface area (Å²) in [5, 5.41) is 7.93. The molecule has 2 aliphatic heterocycles. The maximum absolute atomic E-state index is 14.6. The molecule has 1 unspecified atom stereocenters. The fraction of sp³-hybridized carbons (Fsp3) is 0.556. The molecule has 4 rings (SSSR count). The van der Waals surface area contributed by atoms with Crippen LogP contribution in [0.2, 0.25) is 0 Å². The number of morpholine rings is 1. The number of aromatic nitrogens is 2. The Kier molecular flexibility index (Phi) is 4.67. The van der Waals surface area contributed by atoms with Crippen molar-refractivity contribution in [3.63, 3.8) is 0 Å². The van der Waals surface area contributed by atoms with Crippen LogP contribution in [-0.2, 0) is 11.3 Å². The first-order valence-corrected chi connectivity index (χ1v) is 8.87. The van der Waals surface area contributed by atoms with Crippen molar-refractivity contribution >= 4 is 5.69 Å². The Morgan fingerprint density at radius 1 is 1.20 bits per heavy atom. The summed E-state index contributed by atoms with van der Waals surface area (Å²) >= 11 is 0. The van der Waals surface area contributed by atoms with Gasteiger partial charge in [0.25, 0.3) is 0 Å². The van der Waals surface area contributed by atoms with E-state index in [1.54, 1.807) is 19.1 Å². The molecule has 7 heteroatoms. The maximum atomic E-state index is 14.6. The molecule has 0 N–H and O–H groups in total. The van der Waals surface area contributed by atoms with Gasteiger partial charge in [0.05, 0.1) is 6.61 Å². The van der Waals surface area contributed by atoms with Gasteiger partial charge < -0.3 is 14.1 Å². The highest BCUT2D eigenvalue weighted by molar-refractivity contribution is 5.54. The minimum Gasteiger partial charge on any atom is -0.423 e. The van der Waals surface area contributed by atoms with Crippen molar-refractivity contribution in [3.8, 4) is 0 Å². The Morgan fingerprint density at radius 2 is 2.04 bits per heavy atom. The summed E-state index contributed by atoms with van der Waals surface area (Å²) < 4.78 is 25.8. The van der Waals surface area contributed by atoms with Crippen LogP contribution in [0.3, 0.4) is 0 Å². The van der Waals surface area contributed by atoms with Crippen molar-refractivity contribution in [1.82, 2.24) is 15.1 Å². The lowest BCUT2D eigenvalue weighted by molar-refractivity contribution is -0.0459. The molecular formula is C18H23FN4O2. The predicted molar refractivity (Wildman–Crippen MR) is 90.9 cm³/mol. The van der Waals surface area contributed by atoms with Crippen molar-refractivity contribution in [2.45, 2.75) is 32.4 Å². The highest BCUT2D eigenvalue weighted by atomic mass is 19.1. The zero-order chi connectivity index (χ0) is 17.2. The highest BCUT2D eigenvalue weighted by Crippen LogP contribution is 2.29. The zero-order valence-corrected chi connectivity index (χ0v) is 14.4. The number of aryl methyl sites for hydroxylation is 1. The molecule has 2 saturated heterocycles. The molecule has 2 aromatic rings. The average Bonchev–Trinajstić information content (AvgIpc) is 3.29. The molecule has 6 nitrogen and oxygen atoms in total. The van der Waals surface area contributed by atoms with Crippen LogP contribution < -0.4 is 4.90 Å². The molecule has 1 aromatic carbocycles. The van der Waals surface area contributed by atoms with E-state index >= 15 is 0 Å². The molecule has 0 radical (unpaired) electrons. The monoisotopic (exact) mass is 346 g/mol. The van der Waals surface area contributed by atoms with Gasteiger partial charge in [0.15, 0.2) is 0 Å². The van der Waals surface area contributed by atoms with E-state index in [4.69, 9.17) is 9.15 Å². The lowest BCUT2D eigenvalue weighted by Gasteiger charge is -2.32. The summed E-state index contributed by atoms with van der Waals surface area (Å²) in [6, 6.07) is 5.38. The van der Waals surface area contributed by atoms with E-state index in [-0.39, 0.29) is 11.9 Å². The molecule has 2 aliphatic rings. The number of halogens is 1. The normalized spacial score (nSPS) is 21.8. The predicted octanol–water partition coefficient (Wildman–Crippen LogP) is 2.69. The Morgan fingerprint density at radius 3 is 2.80 bits per heavy atom. The summed E-state index contributed by atoms with van der Waals surface area (Å²) in [6.45, 7) is 6.28. The van der Waals surface area contributed by atoms with E-state index in [0.29, 0.717) is 31.5 Å². The molecule has 134 valence electrons. The fourth-order valence-corrected chi connectivity index (χ4v) is 3.62. The van der Waals surface area contributed by atoms with E-state index in [0.717, 1.165) is 30.9 Å². The van der Waals surface area contributed by atoms with Crippen LogP contribution in [0.5, 0.6) is 0 Å². The zero-order valence-electron chi connectivity index (χ0n) is 14.4. The van der Waals surface area contributed by atoms with Crippen molar-refractivity contribution in [1.29, 1.82) is 0 Å². The van der Waals surface area contributed by atoms with Gasteiger partial charge in [-0.1, -0.05) is 6.07 Å². The molecule has 0 amide bonds. The molecule has 0 aliphatic carbocycles. The minimum absolute atomic E-state index is 0.138. The molecule has 25 heavy (non-hydrogen) atoms. The number of hydrogen-bond donors (Lipinski definition) is 0. The van der Waals surface area contributed by atoms with Gasteiger partial charge in [-0.25, -0.2) is 4.39 Å². The van der Waals surface area contributed by atoms with E-state index in [2.05, 4.69) is 20.0 Å². The van der Waals surface area contributed by atoms with Crippen LogP contribution in [0.4, 0.5) is 10.1 Å². The first-order valence-electron chi connectivity index (χ1n) is 8.87. The molecule has 3 heterocycles. The number of benzene rings is 1. The number of anilines is 1. The lowest BCUT2D eigenvalue weighted by Crippen LogP contribution is -2.38. The third-order valence-electron chi connectivity index (χ3n) is 4.89. The number of ether oxygens (including phenoxy) is 1. The van der Waals surface area contributed by atoms with Gasteiger partial charge in [0.1, 0.15) is 11.9 Å². The molecule has 1 atom stereocenters. The first kappa shape index (κ1) is 16.5. The Bertz CT molecular complexity index is 730. The third-order valence-corrected chi connectivity index (χ3v) is 4.89. The molecule has 0 bridgehead atoms. The van der Waals surface area contributed by atoms with Crippen molar-refractivity contribution in [2.75, 3.05) is 37.7 Å². The molecule has 0 spiro atoms. The van der Waals surface area contributed by atoms with Crippen molar-refractivity contribution in [3.05, 3.63) is 41.4 Å². The van der Waals surface area contributed by atoms with Gasteiger partial charge >= 0.3 is 0 Å². The van der Waals surface area contributed by atoms with Gasteiger partial charge in [-0.3, -0.25) is 4.90 Å². The average molecular weight is 346 g/mol. The lowest BCUT2D eigenvalue weighted by atomic mass is 10.1. The minimum atomic E-state index is -0.253. The number of rotatable bonds is 4. The highest BCUT2D eigenvalue weighted by Gasteiger charge is 2.28. The summed E-state index contributed by atoms with van der Waals surface area (Å²) in [7, 11) is 0. The van der Waals surface area contributed by atoms with Gasteiger partial charge in [-0.15, -0.1) is 10.2 Å². The Labute approximate surface area is 146 Å². The second-order valence-electron chi connectivity index (χ2n) is 6.69. The van der Waals surface area contributed by atoms with Crippen molar-refractivity contribution < 1.29 is 13.5 Å². The molecule has 0 saturated carbocycles. The standard InChI is InChI=1S/C18H23FN4O2/c1-13-20-21-18(25-13)17-12-22(9-10-24-17)11-14-15(19)5-4-6-16(14)23-7-2-3-8-23/h4-6,17H,2-3,7-12H2,1H3. The summed E-state index contributed by atoms with van der Waals surface area (Å²) in [6.07, 6.45) is 2.09. The Hall–Kier alpha value is -1.99. The molecule has 2 fully saturated rings. The largest absolute Gasteiger partial charge is 0.423 e. The van der Waals surface area contributed by atoms with E-state index in [9.17, 15) is 4.39 Å². The van der Waals surface area contributed by atoms with Crippen LogP contribution in [0.15, 0.2) is 22.6 Å². The van der Waals surface area contributed by atoms with Crippen LogP contribution in [-0.4, -0.2) is 47.9 Å². The third kappa shape index (κ3) is 3.52. The van der Waals surface area contributed by atoms with Crippen LogP contribution >= 0.6 is 0 Å². The Balaban J connectivity index is 1.51. The summed E-state index contributed by atoms with van der Waals surface area (Å²) in [5.74, 6) is 0.887. The summed E-state index contributed by atoms with van der Waals surface area (Å²) in [5.41, 5.74) is 1.79. The SMILES string of the molecule is Cc1nnc(C2CN(Cc3c(F)cccc3N3CCCC3)CCO2)o1. The smallest absolute Gasteiger partial charge is 0.246 e. The number of hydrogen-bond acceptors (Lipinski definition) is 6. The molecular weight excluding hydrogens is 323 g/mol. The van der Waals surface area contributed by atoms with E-state index in [1.807, 2.05) is 6.07 Å².